The van der Waals surface area contributed by atoms with E-state index in [4.69, 9.17) is 9.47 Å². The molecule has 1 N–H and O–H groups in total. The van der Waals surface area contributed by atoms with Gasteiger partial charge in [-0.2, -0.15) is 11.8 Å². The number of hydrogen-bond acceptors (Lipinski definition) is 4. The largest absolute Gasteiger partial charge is 0.377 e. The van der Waals surface area contributed by atoms with Crippen molar-refractivity contribution in [3.05, 3.63) is 0 Å². The zero-order valence-electron chi connectivity index (χ0n) is 13.3. The Morgan fingerprint density at radius 1 is 1.52 bits per heavy atom. The molecule has 2 heterocycles. The standard InChI is InChI=1S/C15H29N3O2S/c1-3-14-11-18(7-10-21-14)15(16-2)17-6-9-19-12-13-5-4-8-20-13/h13-14H,3-12H2,1-2H3,(H,16,17). The van der Waals surface area contributed by atoms with Crippen molar-refractivity contribution in [2.75, 3.05) is 52.3 Å². The van der Waals surface area contributed by atoms with E-state index in [0.717, 1.165) is 50.5 Å². The number of thioether (sulfide) groups is 1. The third-order valence-corrected chi connectivity index (χ3v) is 5.33. The Kier molecular flexibility index (Phi) is 7.68. The molecule has 122 valence electrons. The quantitative estimate of drug-likeness (QED) is 0.458. The molecular formula is C15H29N3O2S. The van der Waals surface area contributed by atoms with Crippen molar-refractivity contribution in [3.63, 3.8) is 0 Å². The topological polar surface area (TPSA) is 46.1 Å². The summed E-state index contributed by atoms with van der Waals surface area (Å²) in [5.41, 5.74) is 0. The Labute approximate surface area is 132 Å². The number of nitrogens with one attached hydrogen (secondary N) is 1. The third-order valence-electron chi connectivity index (χ3n) is 3.96. The Morgan fingerprint density at radius 3 is 3.14 bits per heavy atom. The van der Waals surface area contributed by atoms with E-state index < -0.39 is 0 Å². The minimum absolute atomic E-state index is 0.314. The summed E-state index contributed by atoms with van der Waals surface area (Å²) in [6, 6.07) is 0. The number of hydrogen-bond donors (Lipinski definition) is 1. The lowest BCUT2D eigenvalue weighted by molar-refractivity contribution is 0.0190. The van der Waals surface area contributed by atoms with Crippen molar-refractivity contribution in [1.82, 2.24) is 10.2 Å². The second-order valence-corrected chi connectivity index (χ2v) is 6.94. The van der Waals surface area contributed by atoms with Crippen LogP contribution < -0.4 is 5.32 Å². The summed E-state index contributed by atoms with van der Waals surface area (Å²) in [6.07, 6.45) is 3.85. The normalized spacial score (nSPS) is 27.1. The molecule has 2 aliphatic rings. The highest BCUT2D eigenvalue weighted by Gasteiger charge is 2.21. The van der Waals surface area contributed by atoms with Gasteiger partial charge in [0, 0.05) is 44.3 Å². The minimum atomic E-state index is 0.314. The van der Waals surface area contributed by atoms with Gasteiger partial charge in [-0.1, -0.05) is 6.92 Å². The maximum atomic E-state index is 5.68. The van der Waals surface area contributed by atoms with Crippen LogP contribution in [-0.2, 0) is 9.47 Å². The summed E-state index contributed by atoms with van der Waals surface area (Å²) < 4.78 is 11.2. The number of guanidine groups is 1. The van der Waals surface area contributed by atoms with Crippen LogP contribution in [0, 0.1) is 0 Å². The van der Waals surface area contributed by atoms with Crippen LogP contribution in [0.3, 0.4) is 0 Å². The Balaban J connectivity index is 1.60. The highest BCUT2D eigenvalue weighted by Crippen LogP contribution is 2.20. The van der Waals surface area contributed by atoms with Crippen molar-refractivity contribution in [3.8, 4) is 0 Å². The van der Waals surface area contributed by atoms with E-state index in [2.05, 4.69) is 33.9 Å². The molecule has 2 atom stereocenters. The summed E-state index contributed by atoms with van der Waals surface area (Å²) in [6.45, 7) is 7.56. The van der Waals surface area contributed by atoms with Gasteiger partial charge in [0.25, 0.3) is 0 Å². The molecule has 5 nitrogen and oxygen atoms in total. The van der Waals surface area contributed by atoms with Crippen LogP contribution in [0.5, 0.6) is 0 Å². The predicted molar refractivity (Wildman–Crippen MR) is 89.3 cm³/mol. The molecule has 2 saturated heterocycles. The fourth-order valence-corrected chi connectivity index (χ4v) is 3.90. The van der Waals surface area contributed by atoms with Gasteiger partial charge in [-0.3, -0.25) is 4.99 Å². The molecule has 0 radical (unpaired) electrons. The molecule has 21 heavy (non-hydrogen) atoms. The summed E-state index contributed by atoms with van der Waals surface area (Å²) in [5, 5.41) is 4.14. The number of aliphatic imine (C=N–C) groups is 1. The van der Waals surface area contributed by atoms with E-state index in [9.17, 15) is 0 Å². The van der Waals surface area contributed by atoms with Gasteiger partial charge in [-0.25, -0.2) is 0 Å². The van der Waals surface area contributed by atoms with Crippen molar-refractivity contribution in [2.24, 2.45) is 4.99 Å². The second-order valence-electron chi connectivity index (χ2n) is 5.53. The lowest BCUT2D eigenvalue weighted by Crippen LogP contribution is -2.48. The maximum Gasteiger partial charge on any atom is 0.193 e. The zero-order valence-corrected chi connectivity index (χ0v) is 14.2. The first-order valence-corrected chi connectivity index (χ1v) is 9.15. The van der Waals surface area contributed by atoms with Gasteiger partial charge in [-0.05, 0) is 19.3 Å². The molecule has 2 aliphatic heterocycles. The molecule has 2 rings (SSSR count). The van der Waals surface area contributed by atoms with Crippen LogP contribution in [0.2, 0.25) is 0 Å². The number of rotatable bonds is 6. The lowest BCUT2D eigenvalue weighted by atomic mass is 10.2. The predicted octanol–water partition coefficient (Wildman–Crippen LogP) is 1.58. The van der Waals surface area contributed by atoms with E-state index >= 15 is 0 Å². The van der Waals surface area contributed by atoms with Crippen LogP contribution in [0.4, 0.5) is 0 Å². The molecule has 0 bridgehead atoms. The Morgan fingerprint density at radius 2 is 2.43 bits per heavy atom. The van der Waals surface area contributed by atoms with Crippen molar-refractivity contribution >= 4 is 17.7 Å². The summed E-state index contributed by atoms with van der Waals surface area (Å²) in [5.74, 6) is 2.20. The molecule has 0 spiro atoms. The monoisotopic (exact) mass is 315 g/mol. The molecule has 6 heteroatoms. The molecule has 0 aromatic rings. The van der Waals surface area contributed by atoms with Crippen LogP contribution in [0.25, 0.3) is 0 Å². The number of ether oxygens (including phenoxy) is 2. The molecule has 0 saturated carbocycles. The first-order chi connectivity index (χ1) is 10.3. The van der Waals surface area contributed by atoms with E-state index in [0.29, 0.717) is 12.7 Å². The first kappa shape index (κ1) is 16.9. The number of nitrogens with zero attached hydrogens (tertiary/aromatic N) is 2. The molecule has 2 unspecified atom stereocenters. The smallest absolute Gasteiger partial charge is 0.193 e. The highest BCUT2D eigenvalue weighted by molar-refractivity contribution is 8.00. The van der Waals surface area contributed by atoms with E-state index in [-0.39, 0.29) is 0 Å². The maximum absolute atomic E-state index is 5.68. The van der Waals surface area contributed by atoms with Gasteiger partial charge in [0.2, 0.25) is 0 Å². The van der Waals surface area contributed by atoms with Crippen LogP contribution in [0.15, 0.2) is 4.99 Å². The fraction of sp³-hybridized carbons (Fsp3) is 0.933. The van der Waals surface area contributed by atoms with E-state index in [1.54, 1.807) is 0 Å². The van der Waals surface area contributed by atoms with Crippen molar-refractivity contribution in [2.45, 2.75) is 37.5 Å². The molecule has 0 aromatic carbocycles. The van der Waals surface area contributed by atoms with Crippen molar-refractivity contribution in [1.29, 1.82) is 0 Å². The van der Waals surface area contributed by atoms with Gasteiger partial charge in [0.05, 0.1) is 19.3 Å². The van der Waals surface area contributed by atoms with Gasteiger partial charge in [0.15, 0.2) is 5.96 Å². The average Bonchev–Trinajstić information content (AvgIpc) is 3.04. The molecule has 2 fully saturated rings. The van der Waals surface area contributed by atoms with E-state index in [1.807, 2.05) is 7.05 Å². The SMILES string of the molecule is CCC1CN(C(=NC)NCCOCC2CCCO2)CCS1. The molecule has 0 amide bonds. The van der Waals surface area contributed by atoms with Crippen LogP contribution >= 0.6 is 11.8 Å². The lowest BCUT2D eigenvalue weighted by Gasteiger charge is -2.34. The summed E-state index contributed by atoms with van der Waals surface area (Å²) in [7, 11) is 1.86. The summed E-state index contributed by atoms with van der Waals surface area (Å²) >= 11 is 2.08. The van der Waals surface area contributed by atoms with Gasteiger partial charge >= 0.3 is 0 Å². The second kappa shape index (κ2) is 9.54. The molecule has 0 aromatic heterocycles. The van der Waals surface area contributed by atoms with Gasteiger partial charge < -0.3 is 19.7 Å². The van der Waals surface area contributed by atoms with Gasteiger partial charge in [-0.15, -0.1) is 0 Å². The summed E-state index contributed by atoms with van der Waals surface area (Å²) in [4.78, 5) is 6.76. The van der Waals surface area contributed by atoms with Crippen LogP contribution in [0.1, 0.15) is 26.2 Å². The Hall–Kier alpha value is -0.460. The molecular weight excluding hydrogens is 286 g/mol. The van der Waals surface area contributed by atoms with Gasteiger partial charge in [0.1, 0.15) is 0 Å². The van der Waals surface area contributed by atoms with Crippen molar-refractivity contribution < 1.29 is 9.47 Å². The third kappa shape index (κ3) is 5.68. The minimum Gasteiger partial charge on any atom is -0.377 e. The van der Waals surface area contributed by atoms with Crippen LogP contribution in [-0.4, -0.2) is 74.5 Å². The Bertz CT molecular complexity index is 322. The average molecular weight is 315 g/mol. The zero-order chi connectivity index (χ0) is 14.9. The highest BCUT2D eigenvalue weighted by atomic mass is 32.2. The first-order valence-electron chi connectivity index (χ1n) is 8.10. The van der Waals surface area contributed by atoms with E-state index in [1.165, 1.54) is 18.6 Å². The molecule has 0 aliphatic carbocycles. The fourth-order valence-electron chi connectivity index (χ4n) is 2.72.